The second kappa shape index (κ2) is 7.93. The molecule has 0 saturated heterocycles. The number of hydrogen-bond donors (Lipinski definition) is 1. The van der Waals surface area contributed by atoms with E-state index in [0.29, 0.717) is 5.69 Å². The first-order chi connectivity index (χ1) is 11.1. The Labute approximate surface area is 135 Å². The summed E-state index contributed by atoms with van der Waals surface area (Å²) in [7, 11) is 0. The van der Waals surface area contributed by atoms with Crippen LogP contribution in [0.5, 0.6) is 0 Å². The Morgan fingerprint density at radius 1 is 1.17 bits per heavy atom. The van der Waals surface area contributed by atoms with Gasteiger partial charge in [-0.25, -0.2) is 0 Å². The topological polar surface area (TPSA) is 70.8 Å². The van der Waals surface area contributed by atoms with Crippen molar-refractivity contribution in [3.05, 3.63) is 64.2 Å². The Bertz CT molecular complexity index is 679. The average Bonchev–Trinajstić information content (AvgIpc) is 2.57. The van der Waals surface area contributed by atoms with Gasteiger partial charge in [0, 0.05) is 30.9 Å². The van der Waals surface area contributed by atoms with Crippen LogP contribution < -0.4 is 10.3 Å². The minimum Gasteiger partial charge on any atom is -0.372 e. The molecule has 0 atom stereocenters. The van der Waals surface area contributed by atoms with Crippen molar-refractivity contribution in [1.82, 2.24) is 0 Å². The van der Waals surface area contributed by atoms with E-state index in [1.165, 1.54) is 17.8 Å². The second-order valence-electron chi connectivity index (χ2n) is 4.94. The molecule has 0 aliphatic rings. The summed E-state index contributed by atoms with van der Waals surface area (Å²) in [6, 6.07) is 14.3. The molecular weight excluding hydrogens is 292 g/mol. The molecule has 0 heterocycles. The number of nitro benzene ring substituents is 1. The third kappa shape index (κ3) is 4.54. The maximum Gasteiger partial charge on any atom is 0.271 e. The van der Waals surface area contributed by atoms with Crippen LogP contribution in [0.25, 0.3) is 0 Å². The van der Waals surface area contributed by atoms with Gasteiger partial charge in [-0.05, 0) is 37.6 Å². The number of rotatable bonds is 7. The van der Waals surface area contributed by atoms with Gasteiger partial charge >= 0.3 is 0 Å². The molecule has 0 aromatic heterocycles. The zero-order valence-corrected chi connectivity index (χ0v) is 13.3. The molecule has 0 spiro atoms. The molecule has 0 saturated carbocycles. The van der Waals surface area contributed by atoms with Gasteiger partial charge in [-0.15, -0.1) is 0 Å². The molecule has 0 unspecified atom stereocenters. The van der Waals surface area contributed by atoms with Gasteiger partial charge in [-0.1, -0.05) is 18.2 Å². The van der Waals surface area contributed by atoms with Crippen LogP contribution in [0.3, 0.4) is 0 Å². The zero-order valence-electron chi connectivity index (χ0n) is 13.3. The van der Waals surface area contributed by atoms with E-state index in [1.807, 2.05) is 12.1 Å². The number of hydrazone groups is 1. The lowest BCUT2D eigenvalue weighted by atomic mass is 10.2. The van der Waals surface area contributed by atoms with E-state index in [2.05, 4.69) is 41.4 Å². The summed E-state index contributed by atoms with van der Waals surface area (Å²) in [6.45, 7) is 6.19. The molecule has 120 valence electrons. The molecule has 2 aromatic carbocycles. The number of benzene rings is 2. The Balaban J connectivity index is 2.00. The monoisotopic (exact) mass is 312 g/mol. The minimum absolute atomic E-state index is 0.0359. The molecule has 0 amide bonds. The highest BCUT2D eigenvalue weighted by Gasteiger charge is 2.04. The number of nitrogens with zero attached hydrogens (tertiary/aromatic N) is 3. The van der Waals surface area contributed by atoms with Crippen molar-refractivity contribution >= 4 is 23.3 Å². The van der Waals surface area contributed by atoms with Crippen molar-refractivity contribution in [2.45, 2.75) is 13.8 Å². The number of nitrogens with one attached hydrogen (secondary N) is 1. The first-order valence-electron chi connectivity index (χ1n) is 7.52. The Kier molecular flexibility index (Phi) is 5.68. The van der Waals surface area contributed by atoms with Crippen molar-refractivity contribution in [3.63, 3.8) is 0 Å². The SMILES string of the molecule is CCN(CC)c1ccc(C=NNc2cccc([N+](=O)[O-])c2)cc1. The molecule has 6 heteroatoms. The van der Waals surface area contributed by atoms with E-state index in [9.17, 15) is 10.1 Å². The lowest BCUT2D eigenvalue weighted by Crippen LogP contribution is -2.21. The van der Waals surface area contributed by atoms with Crippen molar-refractivity contribution in [2.75, 3.05) is 23.4 Å². The lowest BCUT2D eigenvalue weighted by molar-refractivity contribution is -0.384. The van der Waals surface area contributed by atoms with Gasteiger partial charge in [0.15, 0.2) is 0 Å². The van der Waals surface area contributed by atoms with E-state index in [4.69, 9.17) is 0 Å². The molecule has 6 nitrogen and oxygen atoms in total. The predicted octanol–water partition coefficient (Wildman–Crippen LogP) is 3.89. The predicted molar refractivity (Wildman–Crippen MR) is 94.3 cm³/mol. The van der Waals surface area contributed by atoms with Crippen molar-refractivity contribution in [1.29, 1.82) is 0 Å². The molecular formula is C17H20N4O2. The summed E-state index contributed by atoms with van der Waals surface area (Å²) in [5.74, 6) is 0. The van der Waals surface area contributed by atoms with Gasteiger partial charge in [0.25, 0.3) is 5.69 Å². The van der Waals surface area contributed by atoms with E-state index in [1.54, 1.807) is 18.3 Å². The van der Waals surface area contributed by atoms with Crippen LogP contribution in [0.1, 0.15) is 19.4 Å². The van der Waals surface area contributed by atoms with E-state index >= 15 is 0 Å². The largest absolute Gasteiger partial charge is 0.372 e. The van der Waals surface area contributed by atoms with Crippen LogP contribution in [0.2, 0.25) is 0 Å². The van der Waals surface area contributed by atoms with Gasteiger partial charge in [0.2, 0.25) is 0 Å². The molecule has 0 fully saturated rings. The quantitative estimate of drug-likeness (QED) is 0.478. The summed E-state index contributed by atoms with van der Waals surface area (Å²) in [4.78, 5) is 12.6. The average molecular weight is 312 g/mol. The molecule has 0 bridgehead atoms. The van der Waals surface area contributed by atoms with Gasteiger partial charge in [0.1, 0.15) is 0 Å². The molecule has 0 radical (unpaired) electrons. The third-order valence-corrected chi connectivity index (χ3v) is 3.49. The summed E-state index contributed by atoms with van der Waals surface area (Å²) >= 11 is 0. The zero-order chi connectivity index (χ0) is 16.7. The van der Waals surface area contributed by atoms with E-state index in [-0.39, 0.29) is 5.69 Å². The highest BCUT2D eigenvalue weighted by atomic mass is 16.6. The first-order valence-corrected chi connectivity index (χ1v) is 7.52. The maximum absolute atomic E-state index is 10.7. The fourth-order valence-corrected chi connectivity index (χ4v) is 2.23. The summed E-state index contributed by atoms with van der Waals surface area (Å²) in [5.41, 5.74) is 5.55. The summed E-state index contributed by atoms with van der Waals surface area (Å²) < 4.78 is 0. The fraction of sp³-hybridized carbons (Fsp3) is 0.235. The van der Waals surface area contributed by atoms with Crippen LogP contribution >= 0.6 is 0 Å². The van der Waals surface area contributed by atoms with E-state index < -0.39 is 4.92 Å². The first kappa shape index (κ1) is 16.5. The van der Waals surface area contributed by atoms with Crippen molar-refractivity contribution < 1.29 is 4.92 Å². The van der Waals surface area contributed by atoms with Gasteiger partial charge < -0.3 is 4.90 Å². The van der Waals surface area contributed by atoms with Gasteiger partial charge in [-0.2, -0.15) is 5.10 Å². The molecule has 2 aromatic rings. The molecule has 2 rings (SSSR count). The van der Waals surface area contributed by atoms with Gasteiger partial charge in [-0.3, -0.25) is 15.5 Å². The second-order valence-corrected chi connectivity index (χ2v) is 4.94. The van der Waals surface area contributed by atoms with Crippen LogP contribution in [0.4, 0.5) is 17.1 Å². The number of nitro groups is 1. The Morgan fingerprint density at radius 3 is 2.48 bits per heavy atom. The highest BCUT2D eigenvalue weighted by Crippen LogP contribution is 2.17. The maximum atomic E-state index is 10.7. The standard InChI is InChI=1S/C17H20N4O2/c1-3-20(4-2)16-10-8-14(9-11-16)13-18-19-15-6-5-7-17(12-15)21(22)23/h5-13,19H,3-4H2,1-2H3. The molecule has 23 heavy (non-hydrogen) atoms. The molecule has 1 N–H and O–H groups in total. The highest BCUT2D eigenvalue weighted by molar-refractivity contribution is 5.81. The Morgan fingerprint density at radius 2 is 1.87 bits per heavy atom. The fourth-order valence-electron chi connectivity index (χ4n) is 2.23. The normalized spacial score (nSPS) is 10.7. The lowest BCUT2D eigenvalue weighted by Gasteiger charge is -2.20. The van der Waals surface area contributed by atoms with Crippen LogP contribution in [0, 0.1) is 10.1 Å². The number of hydrogen-bond acceptors (Lipinski definition) is 5. The van der Waals surface area contributed by atoms with Crippen molar-refractivity contribution in [3.8, 4) is 0 Å². The Hall–Kier alpha value is -2.89. The molecule has 0 aliphatic carbocycles. The van der Waals surface area contributed by atoms with Crippen LogP contribution in [-0.2, 0) is 0 Å². The number of non-ortho nitro benzene ring substituents is 1. The summed E-state index contributed by atoms with van der Waals surface area (Å²) in [6.07, 6.45) is 1.69. The smallest absolute Gasteiger partial charge is 0.271 e. The van der Waals surface area contributed by atoms with Gasteiger partial charge in [0.05, 0.1) is 16.8 Å². The van der Waals surface area contributed by atoms with E-state index in [0.717, 1.165) is 18.7 Å². The van der Waals surface area contributed by atoms with Crippen molar-refractivity contribution in [2.24, 2.45) is 5.10 Å². The van der Waals surface area contributed by atoms with Crippen LogP contribution in [0.15, 0.2) is 53.6 Å². The molecule has 0 aliphatic heterocycles. The third-order valence-electron chi connectivity index (χ3n) is 3.49. The minimum atomic E-state index is -0.430. The summed E-state index contributed by atoms with van der Waals surface area (Å²) in [5, 5.41) is 14.8. The number of anilines is 2. The van der Waals surface area contributed by atoms with Crippen LogP contribution in [-0.4, -0.2) is 24.2 Å².